The molecule has 0 unspecified atom stereocenters. The van der Waals surface area contributed by atoms with Crippen LogP contribution in [0.4, 0.5) is 0 Å². The van der Waals surface area contributed by atoms with Gasteiger partial charge in [0.2, 0.25) is 0 Å². The number of hydrogen-bond acceptors (Lipinski definition) is 2. The van der Waals surface area contributed by atoms with Gasteiger partial charge in [-0.2, -0.15) is 0 Å². The highest BCUT2D eigenvalue weighted by atomic mass is 16.1. The third-order valence-electron chi connectivity index (χ3n) is 2.95. The molecule has 1 aliphatic heterocycles. The maximum absolute atomic E-state index is 11.5. The summed E-state index contributed by atoms with van der Waals surface area (Å²) in [7, 11) is 0. The van der Waals surface area contributed by atoms with Crippen LogP contribution >= 0.6 is 0 Å². The second-order valence-electron chi connectivity index (χ2n) is 3.67. The Morgan fingerprint density at radius 1 is 1.27 bits per heavy atom. The van der Waals surface area contributed by atoms with E-state index in [9.17, 15) is 4.79 Å². The molecule has 11 heavy (non-hydrogen) atoms. The van der Waals surface area contributed by atoms with E-state index in [0.29, 0.717) is 17.7 Å². The van der Waals surface area contributed by atoms with Crippen LogP contribution in [0.25, 0.3) is 0 Å². The molecular formula is C9H15NO. The molecule has 0 aromatic rings. The smallest absolute Gasteiger partial charge is 0.137 e. The fourth-order valence-corrected chi connectivity index (χ4v) is 2.31. The number of hydrogen-bond donors (Lipinski definition) is 1. The molecule has 0 amide bonds. The number of Topliss-reactive ketones (excluding diaryl/α,β-unsaturated/α-hetero) is 1. The molecule has 2 rings (SSSR count). The van der Waals surface area contributed by atoms with Crippen LogP contribution in [0.15, 0.2) is 0 Å². The summed E-state index contributed by atoms with van der Waals surface area (Å²) >= 11 is 0. The summed E-state index contributed by atoms with van der Waals surface area (Å²) in [5.74, 6) is 0.884. The zero-order chi connectivity index (χ0) is 7.68. The second kappa shape index (κ2) is 2.94. The standard InChI is InChI=1S/C9H15NO/c11-9-4-2-1-3-8-7(9)5-6-10-8/h7-8,10H,1-6H2/t7-,8+/m1/s1. The van der Waals surface area contributed by atoms with Gasteiger partial charge in [0.05, 0.1) is 0 Å². The second-order valence-corrected chi connectivity index (χ2v) is 3.67. The molecule has 1 saturated heterocycles. The van der Waals surface area contributed by atoms with Crippen LogP contribution in [-0.4, -0.2) is 18.4 Å². The largest absolute Gasteiger partial charge is 0.313 e. The summed E-state index contributed by atoms with van der Waals surface area (Å²) in [6.45, 7) is 1.06. The predicted octanol–water partition coefficient (Wildman–Crippen LogP) is 1.11. The molecule has 1 saturated carbocycles. The molecule has 2 aliphatic rings. The number of nitrogens with one attached hydrogen (secondary N) is 1. The van der Waals surface area contributed by atoms with Gasteiger partial charge in [-0.25, -0.2) is 0 Å². The van der Waals surface area contributed by atoms with Crippen molar-refractivity contribution >= 4 is 5.78 Å². The van der Waals surface area contributed by atoms with Gasteiger partial charge < -0.3 is 5.32 Å². The Balaban J connectivity index is 2.09. The van der Waals surface area contributed by atoms with E-state index in [1.54, 1.807) is 0 Å². The lowest BCUT2D eigenvalue weighted by Gasteiger charge is -2.13. The molecule has 1 heterocycles. The van der Waals surface area contributed by atoms with E-state index in [1.165, 1.54) is 12.8 Å². The van der Waals surface area contributed by atoms with Crippen LogP contribution in [0.1, 0.15) is 32.1 Å². The average Bonchev–Trinajstić information content (AvgIpc) is 2.40. The summed E-state index contributed by atoms with van der Waals surface area (Å²) in [6.07, 6.45) is 5.50. The lowest BCUT2D eigenvalue weighted by molar-refractivity contribution is -0.122. The zero-order valence-corrected chi connectivity index (χ0v) is 6.81. The van der Waals surface area contributed by atoms with E-state index in [-0.39, 0.29) is 0 Å². The Morgan fingerprint density at radius 2 is 2.18 bits per heavy atom. The van der Waals surface area contributed by atoms with Gasteiger partial charge in [-0.1, -0.05) is 6.42 Å². The summed E-state index contributed by atoms with van der Waals surface area (Å²) in [6, 6.07) is 0.532. The van der Waals surface area contributed by atoms with Crippen molar-refractivity contribution in [3.63, 3.8) is 0 Å². The molecule has 0 aromatic carbocycles. The van der Waals surface area contributed by atoms with Crippen molar-refractivity contribution in [3.05, 3.63) is 0 Å². The Bertz CT molecular complexity index is 167. The SMILES string of the molecule is O=C1CCCC[C@@H]2NCC[C@@H]12. The molecule has 0 bridgehead atoms. The van der Waals surface area contributed by atoms with Crippen molar-refractivity contribution in [2.45, 2.75) is 38.1 Å². The Hall–Kier alpha value is -0.370. The minimum Gasteiger partial charge on any atom is -0.313 e. The van der Waals surface area contributed by atoms with Gasteiger partial charge >= 0.3 is 0 Å². The van der Waals surface area contributed by atoms with Crippen LogP contribution in [0.5, 0.6) is 0 Å². The van der Waals surface area contributed by atoms with Gasteiger partial charge in [0.15, 0.2) is 0 Å². The average molecular weight is 153 g/mol. The lowest BCUT2D eigenvalue weighted by Crippen LogP contribution is -2.29. The molecule has 0 aromatic heterocycles. The fraction of sp³-hybridized carbons (Fsp3) is 0.889. The van der Waals surface area contributed by atoms with Crippen molar-refractivity contribution in [2.75, 3.05) is 6.54 Å². The van der Waals surface area contributed by atoms with Crippen LogP contribution in [-0.2, 0) is 4.79 Å². The van der Waals surface area contributed by atoms with Gasteiger partial charge in [-0.15, -0.1) is 0 Å². The zero-order valence-electron chi connectivity index (χ0n) is 6.81. The minimum absolute atomic E-state index is 0.373. The molecule has 2 heteroatoms. The van der Waals surface area contributed by atoms with Gasteiger partial charge in [0.1, 0.15) is 5.78 Å². The van der Waals surface area contributed by atoms with Gasteiger partial charge in [-0.3, -0.25) is 4.79 Å². The summed E-state index contributed by atoms with van der Waals surface area (Å²) < 4.78 is 0. The van der Waals surface area contributed by atoms with Crippen LogP contribution in [0.3, 0.4) is 0 Å². The van der Waals surface area contributed by atoms with Crippen molar-refractivity contribution in [1.29, 1.82) is 0 Å². The highest BCUT2D eigenvalue weighted by Crippen LogP contribution is 2.26. The van der Waals surface area contributed by atoms with Crippen LogP contribution in [0, 0.1) is 5.92 Å². The first-order chi connectivity index (χ1) is 5.38. The Labute approximate surface area is 67.4 Å². The minimum atomic E-state index is 0.373. The fourth-order valence-electron chi connectivity index (χ4n) is 2.31. The molecular weight excluding hydrogens is 138 g/mol. The van der Waals surface area contributed by atoms with Crippen molar-refractivity contribution in [3.8, 4) is 0 Å². The lowest BCUT2D eigenvalue weighted by atomic mass is 9.95. The first-order valence-corrected chi connectivity index (χ1v) is 4.64. The van der Waals surface area contributed by atoms with E-state index in [0.717, 1.165) is 25.8 Å². The quantitative estimate of drug-likeness (QED) is 0.564. The van der Waals surface area contributed by atoms with E-state index in [2.05, 4.69) is 5.32 Å². The van der Waals surface area contributed by atoms with E-state index < -0.39 is 0 Å². The Kier molecular flexibility index (Phi) is 1.95. The number of ketones is 1. The third-order valence-corrected chi connectivity index (χ3v) is 2.95. The number of fused-ring (bicyclic) bond motifs is 1. The maximum Gasteiger partial charge on any atom is 0.137 e. The monoisotopic (exact) mass is 153 g/mol. The molecule has 1 aliphatic carbocycles. The van der Waals surface area contributed by atoms with Crippen molar-refractivity contribution in [1.82, 2.24) is 5.32 Å². The van der Waals surface area contributed by atoms with Crippen molar-refractivity contribution < 1.29 is 4.79 Å². The molecule has 0 spiro atoms. The van der Waals surface area contributed by atoms with Gasteiger partial charge in [-0.05, 0) is 25.8 Å². The molecule has 2 atom stereocenters. The molecule has 2 nitrogen and oxygen atoms in total. The summed E-state index contributed by atoms with van der Waals surface area (Å²) in [5, 5.41) is 3.41. The molecule has 1 N–H and O–H groups in total. The van der Waals surface area contributed by atoms with Gasteiger partial charge in [0.25, 0.3) is 0 Å². The number of carbonyl (C=O) groups excluding carboxylic acids is 1. The topological polar surface area (TPSA) is 29.1 Å². The first-order valence-electron chi connectivity index (χ1n) is 4.64. The predicted molar refractivity (Wildman–Crippen MR) is 43.4 cm³/mol. The summed E-state index contributed by atoms with van der Waals surface area (Å²) in [5.41, 5.74) is 0. The van der Waals surface area contributed by atoms with E-state index >= 15 is 0 Å². The highest BCUT2D eigenvalue weighted by molar-refractivity contribution is 5.82. The Morgan fingerprint density at radius 3 is 3.09 bits per heavy atom. The van der Waals surface area contributed by atoms with Gasteiger partial charge in [0, 0.05) is 18.4 Å². The first kappa shape index (κ1) is 7.29. The molecule has 62 valence electrons. The highest BCUT2D eigenvalue weighted by Gasteiger charge is 2.33. The van der Waals surface area contributed by atoms with E-state index in [1.807, 2.05) is 0 Å². The van der Waals surface area contributed by atoms with Crippen LogP contribution < -0.4 is 5.32 Å². The number of carbonyl (C=O) groups is 1. The van der Waals surface area contributed by atoms with E-state index in [4.69, 9.17) is 0 Å². The molecule has 2 fully saturated rings. The maximum atomic E-state index is 11.5. The third kappa shape index (κ3) is 1.32. The normalized spacial score (nSPS) is 38.4. The molecule has 0 radical (unpaired) electrons. The van der Waals surface area contributed by atoms with Crippen molar-refractivity contribution in [2.24, 2.45) is 5.92 Å². The van der Waals surface area contributed by atoms with Crippen LogP contribution in [0.2, 0.25) is 0 Å². The number of rotatable bonds is 0. The summed E-state index contributed by atoms with van der Waals surface area (Å²) in [4.78, 5) is 11.5.